The third-order valence-corrected chi connectivity index (χ3v) is 3.61. The highest BCUT2D eigenvalue weighted by Crippen LogP contribution is 2.29. The van der Waals surface area contributed by atoms with E-state index in [1.807, 2.05) is 13.8 Å². The Morgan fingerprint density at radius 1 is 1.38 bits per heavy atom. The van der Waals surface area contributed by atoms with Crippen LogP contribution in [0.2, 0.25) is 0 Å². The average molecular weight is 229 g/mol. The summed E-state index contributed by atoms with van der Waals surface area (Å²) in [6.45, 7) is 5.92. The number of carboxylic acids is 1. The van der Waals surface area contributed by atoms with Crippen LogP contribution in [0.1, 0.15) is 33.1 Å². The second kappa shape index (κ2) is 5.64. The molecule has 1 unspecified atom stereocenters. The van der Waals surface area contributed by atoms with Gasteiger partial charge in [-0.1, -0.05) is 20.3 Å². The molecule has 0 spiro atoms. The van der Waals surface area contributed by atoms with Gasteiger partial charge in [0.15, 0.2) is 0 Å². The predicted octanol–water partition coefficient (Wildman–Crippen LogP) is 1.60. The van der Waals surface area contributed by atoms with Crippen molar-refractivity contribution in [2.45, 2.75) is 38.6 Å². The summed E-state index contributed by atoms with van der Waals surface area (Å²) in [5.41, 5.74) is -0.852. The number of hydrogen-bond donors (Lipinski definition) is 1. The smallest absolute Gasteiger partial charge is 0.326 e. The summed E-state index contributed by atoms with van der Waals surface area (Å²) in [5, 5.41) is 9.56. The van der Waals surface area contributed by atoms with Gasteiger partial charge in [-0.15, -0.1) is 0 Å². The van der Waals surface area contributed by atoms with Crippen LogP contribution in [0, 0.1) is 5.92 Å². The van der Waals surface area contributed by atoms with E-state index in [9.17, 15) is 9.90 Å². The summed E-state index contributed by atoms with van der Waals surface area (Å²) >= 11 is 0. The zero-order valence-electron chi connectivity index (χ0n) is 10.5. The van der Waals surface area contributed by atoms with Crippen LogP contribution in [-0.2, 0) is 9.53 Å². The van der Waals surface area contributed by atoms with Crippen molar-refractivity contribution in [3.05, 3.63) is 0 Å². The molecule has 0 aromatic rings. The van der Waals surface area contributed by atoms with Crippen molar-refractivity contribution in [1.82, 2.24) is 4.90 Å². The minimum absolute atomic E-state index is 0.0445. The zero-order chi connectivity index (χ0) is 12.2. The van der Waals surface area contributed by atoms with Gasteiger partial charge in [0.2, 0.25) is 0 Å². The number of likely N-dealkylation sites (tertiary alicyclic amines) is 1. The number of methoxy groups -OCH3 is 1. The second-order valence-electron chi connectivity index (χ2n) is 4.86. The van der Waals surface area contributed by atoms with Gasteiger partial charge >= 0.3 is 5.97 Å². The van der Waals surface area contributed by atoms with E-state index in [1.54, 1.807) is 7.11 Å². The Bertz CT molecular complexity index is 236. The van der Waals surface area contributed by atoms with Gasteiger partial charge in [0.25, 0.3) is 0 Å². The number of carbonyl (C=O) groups is 1. The van der Waals surface area contributed by atoms with Crippen molar-refractivity contribution < 1.29 is 14.6 Å². The fraction of sp³-hybridized carbons (Fsp3) is 0.917. The highest BCUT2D eigenvalue weighted by molar-refractivity contribution is 5.79. The topological polar surface area (TPSA) is 49.8 Å². The summed E-state index contributed by atoms with van der Waals surface area (Å²) in [7, 11) is 1.57. The molecule has 0 radical (unpaired) electrons. The number of nitrogens with zero attached hydrogens (tertiary/aromatic N) is 1. The first-order valence-corrected chi connectivity index (χ1v) is 6.03. The van der Waals surface area contributed by atoms with Crippen molar-refractivity contribution in [2.75, 3.05) is 26.8 Å². The molecule has 94 valence electrons. The number of piperidine rings is 1. The second-order valence-corrected chi connectivity index (χ2v) is 4.86. The summed E-state index contributed by atoms with van der Waals surface area (Å²) in [4.78, 5) is 13.7. The average Bonchev–Trinajstić information content (AvgIpc) is 2.26. The van der Waals surface area contributed by atoms with Gasteiger partial charge in [-0.3, -0.25) is 9.69 Å². The SMILES string of the molecule is COCC(C(=O)O)(C(C)C)N1CCCCC1. The molecule has 1 aliphatic heterocycles. The standard InChI is InChI=1S/C12H23NO3/c1-10(2)12(9-16-3,11(14)15)13-7-5-4-6-8-13/h10H,4-9H2,1-3H3,(H,14,15). The Kier molecular flexibility index (Phi) is 4.74. The molecule has 0 aliphatic carbocycles. The van der Waals surface area contributed by atoms with E-state index in [4.69, 9.17) is 4.74 Å². The van der Waals surface area contributed by atoms with E-state index in [1.165, 1.54) is 6.42 Å². The molecular formula is C12H23NO3. The molecule has 4 nitrogen and oxygen atoms in total. The molecule has 1 aliphatic rings. The number of ether oxygens (including phenoxy) is 1. The lowest BCUT2D eigenvalue weighted by Gasteiger charge is -2.44. The summed E-state index contributed by atoms with van der Waals surface area (Å²) < 4.78 is 5.16. The molecule has 1 N–H and O–H groups in total. The van der Waals surface area contributed by atoms with Gasteiger partial charge in [0, 0.05) is 7.11 Å². The monoisotopic (exact) mass is 229 g/mol. The van der Waals surface area contributed by atoms with Crippen LogP contribution in [0.15, 0.2) is 0 Å². The zero-order valence-corrected chi connectivity index (χ0v) is 10.5. The maximum Gasteiger partial charge on any atom is 0.326 e. The summed E-state index contributed by atoms with van der Waals surface area (Å²) in [6.07, 6.45) is 3.38. The summed E-state index contributed by atoms with van der Waals surface area (Å²) in [6, 6.07) is 0. The van der Waals surface area contributed by atoms with E-state index in [2.05, 4.69) is 4.90 Å². The van der Waals surface area contributed by atoms with Crippen molar-refractivity contribution >= 4 is 5.97 Å². The molecule has 1 atom stereocenters. The van der Waals surface area contributed by atoms with Crippen molar-refractivity contribution in [1.29, 1.82) is 0 Å². The van der Waals surface area contributed by atoms with E-state index < -0.39 is 11.5 Å². The number of aliphatic carboxylic acids is 1. The first-order chi connectivity index (χ1) is 7.55. The van der Waals surface area contributed by atoms with Crippen molar-refractivity contribution in [3.8, 4) is 0 Å². The minimum atomic E-state index is -0.852. The maximum absolute atomic E-state index is 11.6. The largest absolute Gasteiger partial charge is 0.480 e. The molecule has 0 aromatic carbocycles. The normalized spacial score (nSPS) is 22.0. The molecule has 1 heterocycles. The number of rotatable bonds is 5. The van der Waals surface area contributed by atoms with Crippen LogP contribution in [-0.4, -0.2) is 48.3 Å². The molecule has 4 heteroatoms. The molecule has 0 bridgehead atoms. The predicted molar refractivity (Wildman–Crippen MR) is 62.5 cm³/mol. The molecule has 1 saturated heterocycles. The Hall–Kier alpha value is -0.610. The molecule has 0 saturated carbocycles. The molecule has 0 amide bonds. The van der Waals surface area contributed by atoms with E-state index in [0.717, 1.165) is 25.9 Å². The minimum Gasteiger partial charge on any atom is -0.480 e. The van der Waals surface area contributed by atoms with E-state index in [0.29, 0.717) is 0 Å². The molecule has 1 rings (SSSR count). The lowest BCUT2D eigenvalue weighted by atomic mass is 9.83. The number of carboxylic acid groups (broad SMARTS) is 1. The Balaban J connectivity index is 2.93. The van der Waals surface area contributed by atoms with Gasteiger partial charge in [-0.05, 0) is 31.8 Å². The lowest BCUT2D eigenvalue weighted by molar-refractivity contribution is -0.161. The maximum atomic E-state index is 11.6. The first kappa shape index (κ1) is 13.5. The first-order valence-electron chi connectivity index (χ1n) is 6.03. The molecule has 1 fully saturated rings. The van der Waals surface area contributed by atoms with E-state index >= 15 is 0 Å². The van der Waals surface area contributed by atoms with Crippen LogP contribution < -0.4 is 0 Å². The summed E-state index contributed by atoms with van der Waals surface area (Å²) in [5.74, 6) is -0.714. The Morgan fingerprint density at radius 2 is 1.94 bits per heavy atom. The Morgan fingerprint density at radius 3 is 2.31 bits per heavy atom. The lowest BCUT2D eigenvalue weighted by Crippen LogP contribution is -2.62. The van der Waals surface area contributed by atoms with Gasteiger partial charge in [0.05, 0.1) is 6.61 Å². The fourth-order valence-corrected chi connectivity index (χ4v) is 2.58. The van der Waals surface area contributed by atoms with Crippen LogP contribution in [0.3, 0.4) is 0 Å². The van der Waals surface area contributed by atoms with Crippen molar-refractivity contribution in [2.24, 2.45) is 5.92 Å². The van der Waals surface area contributed by atoms with Crippen LogP contribution in [0.25, 0.3) is 0 Å². The van der Waals surface area contributed by atoms with E-state index in [-0.39, 0.29) is 12.5 Å². The molecule has 0 aromatic heterocycles. The van der Waals surface area contributed by atoms with Gasteiger partial charge in [-0.2, -0.15) is 0 Å². The van der Waals surface area contributed by atoms with Crippen LogP contribution in [0.5, 0.6) is 0 Å². The quantitative estimate of drug-likeness (QED) is 0.778. The third kappa shape index (κ3) is 2.38. The van der Waals surface area contributed by atoms with Gasteiger partial charge in [-0.25, -0.2) is 0 Å². The van der Waals surface area contributed by atoms with Gasteiger partial charge < -0.3 is 9.84 Å². The fourth-order valence-electron chi connectivity index (χ4n) is 2.58. The molecule has 16 heavy (non-hydrogen) atoms. The van der Waals surface area contributed by atoms with Crippen molar-refractivity contribution in [3.63, 3.8) is 0 Å². The van der Waals surface area contributed by atoms with Crippen LogP contribution in [0.4, 0.5) is 0 Å². The third-order valence-electron chi connectivity index (χ3n) is 3.61. The highest BCUT2D eigenvalue weighted by atomic mass is 16.5. The molecular weight excluding hydrogens is 206 g/mol. The number of hydrogen-bond acceptors (Lipinski definition) is 3. The van der Waals surface area contributed by atoms with Crippen LogP contribution >= 0.6 is 0 Å². The Labute approximate surface area is 97.6 Å². The van der Waals surface area contributed by atoms with Gasteiger partial charge in [0.1, 0.15) is 5.54 Å². The highest BCUT2D eigenvalue weighted by Gasteiger charge is 2.47.